The highest BCUT2D eigenvalue weighted by atomic mass is 16.7. The van der Waals surface area contributed by atoms with E-state index in [1.807, 2.05) is 30.3 Å². The Morgan fingerprint density at radius 2 is 1.37 bits per heavy atom. The van der Waals surface area contributed by atoms with Crippen LogP contribution in [0.4, 0.5) is 4.79 Å². The maximum Gasteiger partial charge on any atom is 0.508 e. The second-order valence-corrected chi connectivity index (χ2v) is 9.37. The van der Waals surface area contributed by atoms with Crippen LogP contribution in [0.15, 0.2) is 48.5 Å². The molecule has 0 unspecified atom stereocenters. The lowest BCUT2D eigenvalue weighted by Gasteiger charge is -2.29. The van der Waals surface area contributed by atoms with Crippen molar-refractivity contribution >= 4 is 6.16 Å². The molecular formula is C27H38O3. The van der Waals surface area contributed by atoms with E-state index in [2.05, 4.69) is 59.7 Å². The molecule has 2 aromatic rings. The first-order valence-electron chi connectivity index (χ1n) is 11.2. The number of aryl methyl sites for hydroxylation is 1. The van der Waals surface area contributed by atoms with Gasteiger partial charge < -0.3 is 9.47 Å². The summed E-state index contributed by atoms with van der Waals surface area (Å²) in [5.41, 5.74) is 5.34. The predicted molar refractivity (Wildman–Crippen MR) is 124 cm³/mol. The molecular weight excluding hydrogens is 372 g/mol. The van der Waals surface area contributed by atoms with Crippen molar-refractivity contribution in [2.24, 2.45) is 0 Å². The van der Waals surface area contributed by atoms with Gasteiger partial charge in [0.1, 0.15) is 6.61 Å². The fraction of sp³-hybridized carbons (Fsp3) is 0.519. The van der Waals surface area contributed by atoms with E-state index in [1.165, 1.54) is 16.7 Å². The first-order chi connectivity index (χ1) is 14.2. The molecule has 2 rings (SSSR count). The van der Waals surface area contributed by atoms with Gasteiger partial charge in [-0.1, -0.05) is 90.1 Å². The molecule has 0 aliphatic rings. The van der Waals surface area contributed by atoms with Gasteiger partial charge in [-0.15, -0.1) is 0 Å². The summed E-state index contributed by atoms with van der Waals surface area (Å²) in [5, 5.41) is 0. The van der Waals surface area contributed by atoms with Crippen molar-refractivity contribution in [3.05, 3.63) is 70.8 Å². The number of rotatable bonds is 10. The Balaban J connectivity index is 1.94. The molecule has 0 heterocycles. The standard InChI is InChI=1S/C27H38O3/c1-7-26(3,4)23-17-22(18-24(19-23)27(5,6)8-2)15-12-16-29-25(28)30-20-21-13-10-9-11-14-21/h9-11,13-14,17-19H,7-8,12,15-16,20H2,1-6H3. The van der Waals surface area contributed by atoms with Gasteiger partial charge in [0.15, 0.2) is 0 Å². The van der Waals surface area contributed by atoms with Gasteiger partial charge in [-0.2, -0.15) is 0 Å². The molecule has 0 fully saturated rings. The van der Waals surface area contributed by atoms with Gasteiger partial charge in [0.25, 0.3) is 0 Å². The van der Waals surface area contributed by atoms with Crippen LogP contribution < -0.4 is 0 Å². The maximum absolute atomic E-state index is 11.8. The van der Waals surface area contributed by atoms with Crippen LogP contribution in [-0.4, -0.2) is 12.8 Å². The minimum atomic E-state index is -0.604. The zero-order valence-corrected chi connectivity index (χ0v) is 19.6. The van der Waals surface area contributed by atoms with Crippen molar-refractivity contribution in [3.8, 4) is 0 Å². The second kappa shape index (κ2) is 10.7. The summed E-state index contributed by atoms with van der Waals surface area (Å²) in [5.74, 6) is 0. The van der Waals surface area contributed by atoms with Crippen molar-refractivity contribution in [1.82, 2.24) is 0 Å². The number of carbonyl (C=O) groups is 1. The third kappa shape index (κ3) is 6.90. The Kier molecular flexibility index (Phi) is 8.52. The van der Waals surface area contributed by atoms with E-state index in [-0.39, 0.29) is 17.4 Å². The predicted octanol–water partition coefficient (Wildman–Crippen LogP) is 7.35. The van der Waals surface area contributed by atoms with Crippen molar-refractivity contribution in [1.29, 1.82) is 0 Å². The number of carbonyl (C=O) groups excluding carboxylic acids is 1. The molecule has 0 atom stereocenters. The van der Waals surface area contributed by atoms with E-state index in [4.69, 9.17) is 9.47 Å². The van der Waals surface area contributed by atoms with Crippen molar-refractivity contribution < 1.29 is 14.3 Å². The quantitative estimate of drug-likeness (QED) is 0.303. The van der Waals surface area contributed by atoms with E-state index in [1.54, 1.807) is 0 Å². The van der Waals surface area contributed by atoms with E-state index >= 15 is 0 Å². The molecule has 3 heteroatoms. The normalized spacial score (nSPS) is 11.9. The molecule has 0 saturated heterocycles. The number of hydrogen-bond donors (Lipinski definition) is 0. The van der Waals surface area contributed by atoms with Crippen LogP contribution in [0.2, 0.25) is 0 Å². The molecule has 0 amide bonds. The zero-order valence-electron chi connectivity index (χ0n) is 19.6. The summed E-state index contributed by atoms with van der Waals surface area (Å²) in [6.45, 7) is 14.3. The Bertz CT molecular complexity index is 772. The summed E-state index contributed by atoms with van der Waals surface area (Å²) in [6, 6.07) is 16.7. The molecule has 0 radical (unpaired) electrons. The first kappa shape index (κ1) is 24.0. The highest BCUT2D eigenvalue weighted by Gasteiger charge is 2.24. The van der Waals surface area contributed by atoms with E-state index < -0.39 is 6.16 Å². The van der Waals surface area contributed by atoms with Gasteiger partial charge in [0.05, 0.1) is 6.61 Å². The number of ether oxygens (including phenoxy) is 2. The lowest BCUT2D eigenvalue weighted by molar-refractivity contribution is 0.0492. The zero-order chi connectivity index (χ0) is 22.2. The van der Waals surface area contributed by atoms with Crippen LogP contribution in [0.5, 0.6) is 0 Å². The van der Waals surface area contributed by atoms with Gasteiger partial charge >= 0.3 is 6.16 Å². The average Bonchev–Trinajstić information content (AvgIpc) is 2.75. The summed E-state index contributed by atoms with van der Waals surface area (Å²) >= 11 is 0. The molecule has 0 aromatic heterocycles. The molecule has 0 bridgehead atoms. The van der Waals surface area contributed by atoms with Crippen LogP contribution in [0.25, 0.3) is 0 Å². The molecule has 164 valence electrons. The van der Waals surface area contributed by atoms with E-state index in [0.717, 1.165) is 31.2 Å². The Hall–Kier alpha value is -2.29. The van der Waals surface area contributed by atoms with Gasteiger partial charge in [-0.05, 0) is 58.8 Å². The largest absolute Gasteiger partial charge is 0.508 e. The fourth-order valence-electron chi connectivity index (χ4n) is 3.22. The SMILES string of the molecule is CCC(C)(C)c1cc(CCCOC(=O)OCc2ccccc2)cc(C(C)(C)CC)c1. The summed E-state index contributed by atoms with van der Waals surface area (Å²) in [6.07, 6.45) is 3.25. The maximum atomic E-state index is 11.8. The first-order valence-corrected chi connectivity index (χ1v) is 11.2. The minimum Gasteiger partial charge on any atom is -0.434 e. The molecule has 30 heavy (non-hydrogen) atoms. The third-order valence-electron chi connectivity index (χ3n) is 6.35. The molecule has 0 aliphatic carbocycles. The van der Waals surface area contributed by atoms with Crippen molar-refractivity contribution in [2.45, 2.75) is 84.7 Å². The Morgan fingerprint density at radius 1 is 0.800 bits per heavy atom. The molecule has 0 spiro atoms. The van der Waals surface area contributed by atoms with Crippen LogP contribution in [0, 0.1) is 0 Å². The average molecular weight is 411 g/mol. The highest BCUT2D eigenvalue weighted by molar-refractivity contribution is 5.59. The summed E-state index contributed by atoms with van der Waals surface area (Å²) < 4.78 is 10.4. The molecule has 3 nitrogen and oxygen atoms in total. The van der Waals surface area contributed by atoms with Gasteiger partial charge in [-0.3, -0.25) is 0 Å². The van der Waals surface area contributed by atoms with Crippen molar-refractivity contribution in [2.75, 3.05) is 6.61 Å². The fourth-order valence-corrected chi connectivity index (χ4v) is 3.22. The third-order valence-corrected chi connectivity index (χ3v) is 6.35. The Morgan fingerprint density at radius 3 is 1.90 bits per heavy atom. The lowest BCUT2D eigenvalue weighted by atomic mass is 9.75. The Labute approximate surface area is 182 Å². The lowest BCUT2D eigenvalue weighted by Crippen LogP contribution is -2.20. The van der Waals surface area contributed by atoms with Crippen LogP contribution >= 0.6 is 0 Å². The topological polar surface area (TPSA) is 35.5 Å². The summed E-state index contributed by atoms with van der Waals surface area (Å²) in [4.78, 5) is 11.8. The van der Waals surface area contributed by atoms with Crippen LogP contribution in [0.1, 0.15) is 83.1 Å². The van der Waals surface area contributed by atoms with Gasteiger partial charge in [0, 0.05) is 0 Å². The highest BCUT2D eigenvalue weighted by Crippen LogP contribution is 2.34. The van der Waals surface area contributed by atoms with Gasteiger partial charge in [0.2, 0.25) is 0 Å². The molecule has 0 saturated carbocycles. The minimum absolute atomic E-state index is 0.145. The smallest absolute Gasteiger partial charge is 0.434 e. The molecule has 0 aliphatic heterocycles. The van der Waals surface area contributed by atoms with Crippen molar-refractivity contribution in [3.63, 3.8) is 0 Å². The number of hydrogen-bond acceptors (Lipinski definition) is 3. The monoisotopic (exact) mass is 410 g/mol. The van der Waals surface area contributed by atoms with E-state index in [0.29, 0.717) is 6.61 Å². The van der Waals surface area contributed by atoms with Crippen LogP contribution in [0.3, 0.4) is 0 Å². The number of benzene rings is 2. The summed E-state index contributed by atoms with van der Waals surface area (Å²) in [7, 11) is 0. The van der Waals surface area contributed by atoms with E-state index in [9.17, 15) is 4.79 Å². The molecule has 0 N–H and O–H groups in total. The molecule has 2 aromatic carbocycles. The van der Waals surface area contributed by atoms with Gasteiger partial charge in [-0.25, -0.2) is 4.79 Å². The second-order valence-electron chi connectivity index (χ2n) is 9.37. The van der Waals surface area contributed by atoms with Crippen LogP contribution in [-0.2, 0) is 33.3 Å².